The van der Waals surface area contributed by atoms with Crippen molar-refractivity contribution < 1.29 is 13.9 Å². The number of hydrogen-bond acceptors (Lipinski definition) is 3. The van der Waals surface area contributed by atoms with Crippen molar-refractivity contribution in [3.05, 3.63) is 64.5 Å². The molecule has 0 heterocycles. The van der Waals surface area contributed by atoms with Gasteiger partial charge in [0.1, 0.15) is 6.61 Å². The zero-order valence-electron chi connectivity index (χ0n) is 11.2. The van der Waals surface area contributed by atoms with Gasteiger partial charge in [-0.05, 0) is 29.7 Å². The Kier molecular flexibility index (Phi) is 4.48. The first kappa shape index (κ1) is 14.2. The minimum Gasteiger partial charge on any atom is -0.486 e. The van der Waals surface area contributed by atoms with E-state index in [1.807, 2.05) is 24.3 Å². The van der Waals surface area contributed by atoms with Gasteiger partial charge in [0.05, 0.1) is 5.56 Å². The Labute approximate surface area is 117 Å². The maximum absolute atomic E-state index is 14.0. The van der Waals surface area contributed by atoms with Gasteiger partial charge in [-0.3, -0.25) is 4.79 Å². The number of aldehydes is 1. The molecule has 3 nitrogen and oxygen atoms in total. The Morgan fingerprint density at radius 2 is 2.00 bits per heavy atom. The summed E-state index contributed by atoms with van der Waals surface area (Å²) >= 11 is 0. The van der Waals surface area contributed by atoms with Crippen LogP contribution in [0.4, 0.5) is 4.39 Å². The molecule has 2 aromatic rings. The van der Waals surface area contributed by atoms with Crippen molar-refractivity contribution in [2.75, 3.05) is 0 Å². The average molecular weight is 273 g/mol. The van der Waals surface area contributed by atoms with E-state index in [1.54, 1.807) is 13.0 Å². The molecule has 0 saturated carbocycles. The van der Waals surface area contributed by atoms with Crippen LogP contribution in [-0.4, -0.2) is 6.29 Å². The summed E-state index contributed by atoms with van der Waals surface area (Å²) in [6, 6.07) is 10.8. The van der Waals surface area contributed by atoms with E-state index >= 15 is 0 Å². The fraction of sp³-hybridized carbons (Fsp3) is 0.188. The van der Waals surface area contributed by atoms with Crippen molar-refractivity contribution in [3.8, 4) is 5.75 Å². The first-order valence-electron chi connectivity index (χ1n) is 6.30. The molecule has 0 unspecified atom stereocenters. The maximum Gasteiger partial charge on any atom is 0.175 e. The fourth-order valence-corrected chi connectivity index (χ4v) is 1.93. The van der Waals surface area contributed by atoms with Crippen LogP contribution in [0.15, 0.2) is 36.4 Å². The molecule has 2 aromatic carbocycles. The van der Waals surface area contributed by atoms with E-state index in [2.05, 4.69) is 0 Å². The van der Waals surface area contributed by atoms with Crippen LogP contribution in [0.1, 0.15) is 27.0 Å². The number of ether oxygens (including phenoxy) is 1. The van der Waals surface area contributed by atoms with E-state index in [1.165, 1.54) is 6.07 Å². The molecule has 0 aliphatic carbocycles. The van der Waals surface area contributed by atoms with Crippen molar-refractivity contribution in [2.45, 2.75) is 20.1 Å². The van der Waals surface area contributed by atoms with E-state index < -0.39 is 5.82 Å². The van der Waals surface area contributed by atoms with E-state index in [0.29, 0.717) is 18.4 Å². The number of halogens is 1. The number of nitrogens with two attached hydrogens (primary N) is 1. The molecule has 0 aromatic heterocycles. The number of hydrogen-bond donors (Lipinski definition) is 1. The summed E-state index contributed by atoms with van der Waals surface area (Å²) < 4.78 is 19.5. The van der Waals surface area contributed by atoms with Gasteiger partial charge >= 0.3 is 0 Å². The van der Waals surface area contributed by atoms with E-state index in [-0.39, 0.29) is 17.9 Å². The Hall–Kier alpha value is -2.20. The first-order valence-corrected chi connectivity index (χ1v) is 6.30. The molecule has 0 radical (unpaired) electrons. The number of aryl methyl sites for hydroxylation is 1. The lowest BCUT2D eigenvalue weighted by molar-refractivity contribution is 0.111. The van der Waals surface area contributed by atoms with Gasteiger partial charge in [-0.1, -0.05) is 30.3 Å². The molecule has 2 N–H and O–H groups in total. The Bertz CT molecular complexity index is 626. The fourth-order valence-electron chi connectivity index (χ4n) is 1.93. The van der Waals surface area contributed by atoms with Crippen molar-refractivity contribution >= 4 is 6.29 Å². The predicted molar refractivity (Wildman–Crippen MR) is 75.2 cm³/mol. The van der Waals surface area contributed by atoms with Crippen molar-refractivity contribution in [1.29, 1.82) is 0 Å². The van der Waals surface area contributed by atoms with Gasteiger partial charge in [0.25, 0.3) is 0 Å². The lowest BCUT2D eigenvalue weighted by Gasteiger charge is -2.10. The van der Waals surface area contributed by atoms with Gasteiger partial charge in [-0.25, -0.2) is 4.39 Å². The van der Waals surface area contributed by atoms with Crippen LogP contribution in [0.3, 0.4) is 0 Å². The quantitative estimate of drug-likeness (QED) is 0.852. The van der Waals surface area contributed by atoms with Crippen LogP contribution in [0.5, 0.6) is 5.75 Å². The third kappa shape index (κ3) is 3.03. The standard InChI is InChI=1S/C16H16FNO2/c1-11-5-6-15(16(17)14(11)9-19)20-10-13-4-2-3-12(7-13)8-18/h2-7,9H,8,10,18H2,1H3. The van der Waals surface area contributed by atoms with E-state index in [0.717, 1.165) is 11.1 Å². The Balaban J connectivity index is 2.16. The van der Waals surface area contributed by atoms with E-state index in [4.69, 9.17) is 10.5 Å². The molecule has 0 bridgehead atoms. The zero-order valence-corrected chi connectivity index (χ0v) is 11.2. The molecule has 20 heavy (non-hydrogen) atoms. The van der Waals surface area contributed by atoms with Gasteiger partial charge in [0.15, 0.2) is 17.9 Å². The van der Waals surface area contributed by atoms with Crippen molar-refractivity contribution in [1.82, 2.24) is 0 Å². The minimum atomic E-state index is -0.616. The molecule has 0 fully saturated rings. The summed E-state index contributed by atoms with van der Waals surface area (Å²) in [5.74, 6) is -0.536. The smallest absolute Gasteiger partial charge is 0.175 e. The van der Waals surface area contributed by atoms with Crippen LogP contribution in [0, 0.1) is 12.7 Å². The van der Waals surface area contributed by atoms with Crippen LogP contribution in [0.2, 0.25) is 0 Å². The van der Waals surface area contributed by atoms with Gasteiger partial charge in [-0.2, -0.15) is 0 Å². The molecular formula is C16H16FNO2. The summed E-state index contributed by atoms with van der Waals surface area (Å²) in [4.78, 5) is 10.8. The SMILES string of the molecule is Cc1ccc(OCc2cccc(CN)c2)c(F)c1C=O. The van der Waals surface area contributed by atoms with Crippen LogP contribution in [0.25, 0.3) is 0 Å². The second-order valence-corrected chi connectivity index (χ2v) is 4.54. The predicted octanol–water partition coefficient (Wildman–Crippen LogP) is 2.98. The Morgan fingerprint density at radius 3 is 2.70 bits per heavy atom. The van der Waals surface area contributed by atoms with Gasteiger partial charge in [0, 0.05) is 6.54 Å². The highest BCUT2D eigenvalue weighted by Crippen LogP contribution is 2.23. The first-order chi connectivity index (χ1) is 9.65. The molecule has 2 rings (SSSR count). The van der Waals surface area contributed by atoms with Crippen LogP contribution < -0.4 is 10.5 Å². The summed E-state index contributed by atoms with van der Waals surface area (Å²) in [5.41, 5.74) is 8.09. The van der Waals surface area contributed by atoms with Gasteiger partial charge in [-0.15, -0.1) is 0 Å². The maximum atomic E-state index is 14.0. The highest BCUT2D eigenvalue weighted by molar-refractivity contribution is 5.78. The third-order valence-electron chi connectivity index (χ3n) is 3.10. The second kappa shape index (κ2) is 6.30. The highest BCUT2D eigenvalue weighted by atomic mass is 19.1. The summed E-state index contributed by atoms with van der Waals surface area (Å²) in [5, 5.41) is 0. The highest BCUT2D eigenvalue weighted by Gasteiger charge is 2.11. The number of carbonyl (C=O) groups excluding carboxylic acids is 1. The van der Waals surface area contributed by atoms with Crippen LogP contribution >= 0.6 is 0 Å². The number of carbonyl (C=O) groups is 1. The number of rotatable bonds is 5. The largest absolute Gasteiger partial charge is 0.486 e. The topological polar surface area (TPSA) is 52.3 Å². The summed E-state index contributed by atoms with van der Waals surface area (Å²) in [6.45, 7) is 2.36. The molecule has 0 atom stereocenters. The summed E-state index contributed by atoms with van der Waals surface area (Å²) in [7, 11) is 0. The Morgan fingerprint density at radius 1 is 1.25 bits per heavy atom. The zero-order chi connectivity index (χ0) is 14.5. The lowest BCUT2D eigenvalue weighted by atomic mass is 10.1. The lowest BCUT2D eigenvalue weighted by Crippen LogP contribution is -2.02. The van der Waals surface area contributed by atoms with Gasteiger partial charge in [0.2, 0.25) is 0 Å². The molecular weight excluding hydrogens is 257 g/mol. The molecule has 0 spiro atoms. The number of benzene rings is 2. The molecule has 104 valence electrons. The molecule has 0 amide bonds. The van der Waals surface area contributed by atoms with Gasteiger partial charge < -0.3 is 10.5 Å². The van der Waals surface area contributed by atoms with Crippen molar-refractivity contribution in [3.63, 3.8) is 0 Å². The monoisotopic (exact) mass is 273 g/mol. The van der Waals surface area contributed by atoms with Crippen LogP contribution in [-0.2, 0) is 13.2 Å². The van der Waals surface area contributed by atoms with Crippen molar-refractivity contribution in [2.24, 2.45) is 5.73 Å². The minimum absolute atomic E-state index is 0.0400. The third-order valence-corrected chi connectivity index (χ3v) is 3.10. The average Bonchev–Trinajstić information content (AvgIpc) is 2.47. The molecule has 4 heteroatoms. The second-order valence-electron chi connectivity index (χ2n) is 4.54. The molecule has 0 saturated heterocycles. The van der Waals surface area contributed by atoms with E-state index in [9.17, 15) is 9.18 Å². The normalized spacial score (nSPS) is 10.3. The summed E-state index contributed by atoms with van der Waals surface area (Å²) in [6.07, 6.45) is 0.507. The molecule has 0 aliphatic heterocycles. The molecule has 0 aliphatic rings.